The fourth-order valence-corrected chi connectivity index (χ4v) is 3.01. The van der Waals surface area contributed by atoms with Gasteiger partial charge in [0.15, 0.2) is 6.10 Å². The Morgan fingerprint density at radius 2 is 1.90 bits per heavy atom. The summed E-state index contributed by atoms with van der Waals surface area (Å²) in [6.07, 6.45) is -0.658. The summed E-state index contributed by atoms with van der Waals surface area (Å²) in [5.41, 5.74) is 7.21. The number of anilines is 1. The minimum atomic E-state index is -0.820. The van der Waals surface area contributed by atoms with Gasteiger partial charge >= 0.3 is 0 Å². The number of aryl methyl sites for hydroxylation is 1. The van der Waals surface area contributed by atoms with Gasteiger partial charge in [0, 0.05) is 0 Å². The zero-order valence-corrected chi connectivity index (χ0v) is 17.2. The van der Waals surface area contributed by atoms with E-state index in [0.29, 0.717) is 17.2 Å². The van der Waals surface area contributed by atoms with E-state index in [9.17, 15) is 14.4 Å². The number of hydrazine groups is 1. The number of rotatable bonds is 5. The largest absolute Gasteiger partial charge is 0.491 e. The predicted molar refractivity (Wildman–Crippen MR) is 111 cm³/mol. The maximum Gasteiger partial charge on any atom is 0.279 e. The Morgan fingerprint density at radius 1 is 1.13 bits per heavy atom. The third-order valence-corrected chi connectivity index (χ3v) is 4.89. The molecule has 0 aromatic heterocycles. The molecule has 8 heteroatoms. The lowest BCUT2D eigenvalue weighted by Gasteiger charge is -2.22. The number of hydrogen-bond donors (Lipinski definition) is 2. The van der Waals surface area contributed by atoms with E-state index in [1.165, 1.54) is 4.90 Å². The molecule has 3 amide bonds. The van der Waals surface area contributed by atoms with Crippen LogP contribution < -0.4 is 25.2 Å². The highest BCUT2D eigenvalue weighted by molar-refractivity contribution is 6.00. The van der Waals surface area contributed by atoms with Crippen LogP contribution in [0.5, 0.6) is 11.5 Å². The van der Waals surface area contributed by atoms with Crippen molar-refractivity contribution >= 4 is 23.4 Å². The van der Waals surface area contributed by atoms with Crippen molar-refractivity contribution in [2.75, 3.05) is 18.1 Å². The molecule has 2 aromatic carbocycles. The number of carbonyl (C=O) groups is 3. The predicted octanol–water partition coefficient (Wildman–Crippen LogP) is 2.03. The second-order valence-electron chi connectivity index (χ2n) is 7.04. The number of benzene rings is 2. The van der Waals surface area contributed by atoms with Gasteiger partial charge in [-0.2, -0.15) is 0 Å². The smallest absolute Gasteiger partial charge is 0.279 e. The number of ether oxygens (including phenoxy) is 2. The number of nitrogens with one attached hydrogen (secondary N) is 2. The molecule has 0 aliphatic carbocycles. The van der Waals surface area contributed by atoms with Gasteiger partial charge in [0.2, 0.25) is 5.91 Å². The molecule has 0 fully saturated rings. The van der Waals surface area contributed by atoms with Crippen LogP contribution in [0.25, 0.3) is 0 Å². The van der Waals surface area contributed by atoms with Crippen molar-refractivity contribution in [3.63, 3.8) is 0 Å². The molecule has 1 aliphatic rings. The van der Waals surface area contributed by atoms with Gasteiger partial charge in [-0.1, -0.05) is 24.3 Å². The van der Waals surface area contributed by atoms with E-state index in [0.717, 1.165) is 11.1 Å². The number of carbonyl (C=O) groups excluding carboxylic acids is 3. The van der Waals surface area contributed by atoms with E-state index in [1.54, 1.807) is 37.3 Å². The summed E-state index contributed by atoms with van der Waals surface area (Å²) in [4.78, 5) is 38.4. The second-order valence-corrected chi connectivity index (χ2v) is 7.04. The molecule has 8 nitrogen and oxygen atoms in total. The lowest BCUT2D eigenvalue weighted by atomic mass is 10.1. The first-order chi connectivity index (χ1) is 14.4. The molecular formula is C22H25N3O5. The number of nitrogens with zero attached hydrogens (tertiary/aromatic N) is 1. The Bertz CT molecular complexity index is 960. The van der Waals surface area contributed by atoms with Crippen molar-refractivity contribution < 1.29 is 23.9 Å². The van der Waals surface area contributed by atoms with Crippen LogP contribution in [0.4, 0.5) is 5.69 Å². The zero-order valence-electron chi connectivity index (χ0n) is 17.2. The third kappa shape index (κ3) is 4.89. The minimum Gasteiger partial charge on any atom is -0.491 e. The molecule has 1 aliphatic heterocycles. The number of fused-ring (bicyclic) bond motifs is 1. The van der Waals surface area contributed by atoms with Crippen LogP contribution in [-0.4, -0.2) is 37.0 Å². The quantitative estimate of drug-likeness (QED) is 0.734. The van der Waals surface area contributed by atoms with Crippen LogP contribution in [0.1, 0.15) is 24.5 Å². The molecule has 1 heterocycles. The summed E-state index contributed by atoms with van der Waals surface area (Å²) >= 11 is 0. The van der Waals surface area contributed by atoms with Crippen LogP contribution >= 0.6 is 0 Å². The van der Waals surface area contributed by atoms with E-state index in [-0.39, 0.29) is 25.5 Å². The van der Waals surface area contributed by atoms with Crippen LogP contribution in [0.3, 0.4) is 0 Å². The minimum absolute atomic E-state index is 0.162. The summed E-state index contributed by atoms with van der Waals surface area (Å²) in [6, 6.07) is 12.6. The molecule has 0 spiro atoms. The fourth-order valence-electron chi connectivity index (χ4n) is 3.01. The molecule has 0 unspecified atom stereocenters. The lowest BCUT2D eigenvalue weighted by molar-refractivity contribution is -0.132. The molecule has 158 valence electrons. The highest BCUT2D eigenvalue weighted by Gasteiger charge is 2.25. The lowest BCUT2D eigenvalue weighted by Crippen LogP contribution is -2.50. The molecule has 0 radical (unpaired) electrons. The first-order valence-electron chi connectivity index (χ1n) is 9.70. The normalized spacial score (nSPS) is 14.1. The zero-order chi connectivity index (χ0) is 21.7. The average molecular weight is 411 g/mol. The van der Waals surface area contributed by atoms with E-state index >= 15 is 0 Å². The van der Waals surface area contributed by atoms with Gasteiger partial charge in [0.25, 0.3) is 11.8 Å². The van der Waals surface area contributed by atoms with Gasteiger partial charge in [0.05, 0.1) is 18.7 Å². The van der Waals surface area contributed by atoms with Gasteiger partial charge in [-0.15, -0.1) is 0 Å². The Morgan fingerprint density at radius 3 is 2.70 bits per heavy atom. The van der Waals surface area contributed by atoms with Crippen molar-refractivity contribution in [2.24, 2.45) is 0 Å². The summed E-state index contributed by atoms with van der Waals surface area (Å²) in [5.74, 6) is -0.123. The fraction of sp³-hybridized carbons (Fsp3) is 0.318. The van der Waals surface area contributed by atoms with Crippen molar-refractivity contribution in [2.45, 2.75) is 33.3 Å². The molecule has 1 atom stereocenters. The van der Waals surface area contributed by atoms with Crippen molar-refractivity contribution in [1.29, 1.82) is 0 Å². The van der Waals surface area contributed by atoms with E-state index in [4.69, 9.17) is 9.47 Å². The second kappa shape index (κ2) is 9.30. The molecule has 3 rings (SSSR count). The average Bonchev–Trinajstić information content (AvgIpc) is 2.88. The molecular weight excluding hydrogens is 386 g/mol. The topological polar surface area (TPSA) is 97.0 Å². The summed E-state index contributed by atoms with van der Waals surface area (Å²) in [6.45, 7) is 5.47. The van der Waals surface area contributed by atoms with Crippen molar-refractivity contribution in [3.05, 3.63) is 53.6 Å². The molecule has 0 saturated carbocycles. The molecule has 30 heavy (non-hydrogen) atoms. The third-order valence-electron chi connectivity index (χ3n) is 4.89. The molecule has 0 saturated heterocycles. The Labute approximate surface area is 175 Å². The van der Waals surface area contributed by atoms with Gasteiger partial charge in [-0.25, -0.2) is 0 Å². The molecule has 2 N–H and O–H groups in total. The van der Waals surface area contributed by atoms with Crippen LogP contribution in [-0.2, 0) is 14.4 Å². The molecule has 0 bridgehead atoms. The van der Waals surface area contributed by atoms with Gasteiger partial charge in [0.1, 0.15) is 18.0 Å². The number of amides is 3. The van der Waals surface area contributed by atoms with Crippen LogP contribution in [0.15, 0.2) is 42.5 Å². The summed E-state index contributed by atoms with van der Waals surface area (Å²) < 4.78 is 11.3. The SMILES string of the molecule is Cc1cccc(O[C@H](C)C(=O)NNC(=O)CN2C(=O)CCOc3ccccc32)c1C. The van der Waals surface area contributed by atoms with Gasteiger partial charge in [-0.05, 0) is 50.1 Å². The Kier molecular flexibility index (Phi) is 6.56. The number of para-hydroxylation sites is 2. The van der Waals surface area contributed by atoms with E-state index in [2.05, 4.69) is 10.9 Å². The van der Waals surface area contributed by atoms with Gasteiger partial charge in [-0.3, -0.25) is 30.1 Å². The molecule has 2 aromatic rings. The van der Waals surface area contributed by atoms with E-state index in [1.807, 2.05) is 26.0 Å². The van der Waals surface area contributed by atoms with Crippen LogP contribution in [0.2, 0.25) is 0 Å². The van der Waals surface area contributed by atoms with E-state index < -0.39 is 17.9 Å². The Hall–Kier alpha value is -3.55. The maximum absolute atomic E-state index is 12.4. The standard InChI is InChI=1S/C22H25N3O5/c1-14-7-6-10-18(15(14)2)30-16(3)22(28)24-23-20(26)13-25-17-8-4-5-9-19(17)29-12-11-21(25)27/h4-10,16H,11-13H2,1-3H3,(H,23,26)(H,24,28)/t16-/m1/s1. The first kappa shape index (κ1) is 21.2. The Balaban J connectivity index is 1.57. The summed E-state index contributed by atoms with van der Waals surface area (Å²) in [7, 11) is 0. The van der Waals surface area contributed by atoms with Crippen LogP contribution in [0, 0.1) is 13.8 Å². The highest BCUT2D eigenvalue weighted by Crippen LogP contribution is 2.30. The monoisotopic (exact) mass is 411 g/mol. The maximum atomic E-state index is 12.4. The van der Waals surface area contributed by atoms with Gasteiger partial charge < -0.3 is 9.47 Å². The highest BCUT2D eigenvalue weighted by atomic mass is 16.5. The number of hydrogen-bond acceptors (Lipinski definition) is 5. The van der Waals surface area contributed by atoms with Crippen molar-refractivity contribution in [3.8, 4) is 11.5 Å². The first-order valence-corrected chi connectivity index (χ1v) is 9.70. The van der Waals surface area contributed by atoms with Crippen molar-refractivity contribution in [1.82, 2.24) is 10.9 Å². The summed E-state index contributed by atoms with van der Waals surface area (Å²) in [5, 5.41) is 0.